The fraction of sp³-hybridized carbons (Fsp3) is 0.500. The van der Waals surface area contributed by atoms with Crippen molar-refractivity contribution in [2.75, 3.05) is 20.1 Å². The standard InChI is InChI=1S/C12H17N3O2S/c1-8-9-4-6-18-10(9)3-5-15(8)7-11(16)14-12(17)13-2/h4,6,8H,3,5,7H2,1-2H3,(H2,13,14,16,17)/p+1/t8-/m1/s1. The Balaban J connectivity index is 1.96. The predicted molar refractivity (Wildman–Crippen MR) is 69.7 cm³/mol. The number of nitrogens with one attached hydrogen (secondary N) is 3. The summed E-state index contributed by atoms with van der Waals surface area (Å²) in [5.41, 5.74) is 1.34. The molecule has 5 nitrogen and oxygen atoms in total. The van der Waals surface area contributed by atoms with E-state index in [4.69, 9.17) is 0 Å². The fourth-order valence-electron chi connectivity index (χ4n) is 2.33. The van der Waals surface area contributed by atoms with Crippen LogP contribution in [-0.2, 0) is 11.2 Å². The number of hydrogen-bond donors (Lipinski definition) is 3. The highest BCUT2D eigenvalue weighted by Crippen LogP contribution is 2.24. The van der Waals surface area contributed by atoms with Crippen LogP contribution in [0.4, 0.5) is 4.79 Å². The summed E-state index contributed by atoms with van der Waals surface area (Å²) in [4.78, 5) is 25.4. The predicted octanol–water partition coefficient (Wildman–Crippen LogP) is -0.294. The van der Waals surface area contributed by atoms with Gasteiger partial charge in [0.1, 0.15) is 6.04 Å². The topological polar surface area (TPSA) is 62.6 Å². The highest BCUT2D eigenvalue weighted by molar-refractivity contribution is 7.10. The van der Waals surface area contributed by atoms with Crippen LogP contribution in [-0.4, -0.2) is 32.1 Å². The second kappa shape index (κ2) is 5.49. The minimum absolute atomic E-state index is 0.227. The molecule has 0 aliphatic carbocycles. The van der Waals surface area contributed by atoms with Crippen LogP contribution >= 0.6 is 11.3 Å². The Hall–Kier alpha value is -1.40. The van der Waals surface area contributed by atoms with E-state index >= 15 is 0 Å². The van der Waals surface area contributed by atoms with E-state index < -0.39 is 6.03 Å². The smallest absolute Gasteiger partial charge is 0.321 e. The van der Waals surface area contributed by atoms with Crippen molar-refractivity contribution in [3.8, 4) is 0 Å². The van der Waals surface area contributed by atoms with Gasteiger partial charge in [0.2, 0.25) is 0 Å². The van der Waals surface area contributed by atoms with Crippen LogP contribution in [0.2, 0.25) is 0 Å². The molecular formula is C12H18N3O2S+. The van der Waals surface area contributed by atoms with Gasteiger partial charge in [0.05, 0.1) is 6.54 Å². The number of imide groups is 1. The number of carbonyl (C=O) groups excluding carboxylic acids is 2. The van der Waals surface area contributed by atoms with E-state index in [-0.39, 0.29) is 5.91 Å². The lowest BCUT2D eigenvalue weighted by molar-refractivity contribution is -0.924. The van der Waals surface area contributed by atoms with Crippen LogP contribution in [0.15, 0.2) is 11.4 Å². The molecule has 18 heavy (non-hydrogen) atoms. The molecule has 0 saturated carbocycles. The number of quaternary nitrogens is 1. The number of thiophene rings is 1. The number of hydrogen-bond acceptors (Lipinski definition) is 3. The molecular weight excluding hydrogens is 250 g/mol. The van der Waals surface area contributed by atoms with Gasteiger partial charge >= 0.3 is 6.03 Å². The molecule has 0 aromatic carbocycles. The maximum Gasteiger partial charge on any atom is 0.321 e. The van der Waals surface area contributed by atoms with Crippen molar-refractivity contribution in [2.45, 2.75) is 19.4 Å². The third kappa shape index (κ3) is 2.70. The average molecular weight is 268 g/mol. The van der Waals surface area contributed by atoms with Gasteiger partial charge in [-0.25, -0.2) is 4.79 Å². The maximum atomic E-state index is 11.7. The molecule has 1 aliphatic heterocycles. The first kappa shape index (κ1) is 13.0. The molecule has 2 heterocycles. The maximum absolute atomic E-state index is 11.7. The van der Waals surface area contributed by atoms with Crippen molar-refractivity contribution in [3.05, 3.63) is 21.9 Å². The number of amides is 3. The fourth-order valence-corrected chi connectivity index (χ4v) is 3.31. The molecule has 0 saturated heterocycles. The van der Waals surface area contributed by atoms with E-state index in [2.05, 4.69) is 29.0 Å². The Labute approximate surface area is 110 Å². The molecule has 0 radical (unpaired) electrons. The van der Waals surface area contributed by atoms with Crippen molar-refractivity contribution in [1.82, 2.24) is 10.6 Å². The van der Waals surface area contributed by atoms with E-state index in [1.165, 1.54) is 22.4 Å². The van der Waals surface area contributed by atoms with Gasteiger partial charge < -0.3 is 10.2 Å². The van der Waals surface area contributed by atoms with Gasteiger partial charge in [0.15, 0.2) is 6.54 Å². The summed E-state index contributed by atoms with van der Waals surface area (Å²) in [6.07, 6.45) is 1.01. The molecule has 0 bridgehead atoms. The number of fused-ring (bicyclic) bond motifs is 1. The molecule has 98 valence electrons. The summed E-state index contributed by atoms with van der Waals surface area (Å²) in [5.74, 6) is -0.227. The van der Waals surface area contributed by atoms with Gasteiger partial charge in [-0.05, 0) is 18.4 Å². The minimum atomic E-state index is -0.444. The lowest BCUT2D eigenvalue weighted by Crippen LogP contribution is -3.14. The molecule has 2 rings (SSSR count). The van der Waals surface area contributed by atoms with Crippen LogP contribution in [0.3, 0.4) is 0 Å². The summed E-state index contributed by atoms with van der Waals surface area (Å²) in [6.45, 7) is 3.41. The van der Waals surface area contributed by atoms with Crippen molar-refractivity contribution in [3.63, 3.8) is 0 Å². The third-order valence-corrected chi connectivity index (χ3v) is 4.40. The van der Waals surface area contributed by atoms with Crippen molar-refractivity contribution >= 4 is 23.3 Å². The summed E-state index contributed by atoms with van der Waals surface area (Å²) < 4.78 is 0. The second-order valence-electron chi connectivity index (χ2n) is 4.48. The Kier molecular flexibility index (Phi) is 3.98. The summed E-state index contributed by atoms with van der Waals surface area (Å²) in [7, 11) is 1.50. The van der Waals surface area contributed by atoms with Crippen molar-refractivity contribution < 1.29 is 14.5 Å². The van der Waals surface area contributed by atoms with Gasteiger partial charge in [0, 0.05) is 23.9 Å². The number of rotatable bonds is 2. The molecule has 2 atom stereocenters. The zero-order valence-electron chi connectivity index (χ0n) is 10.6. The highest BCUT2D eigenvalue weighted by atomic mass is 32.1. The molecule has 1 aromatic rings. The molecule has 1 unspecified atom stereocenters. The monoisotopic (exact) mass is 268 g/mol. The molecule has 3 amide bonds. The zero-order chi connectivity index (χ0) is 13.1. The Bertz CT molecular complexity index is 458. The van der Waals surface area contributed by atoms with E-state index in [9.17, 15) is 9.59 Å². The lowest BCUT2D eigenvalue weighted by Gasteiger charge is -2.29. The molecule has 1 aromatic heterocycles. The third-order valence-electron chi connectivity index (χ3n) is 3.40. The first-order chi connectivity index (χ1) is 8.61. The molecule has 0 spiro atoms. The van der Waals surface area contributed by atoms with Crippen molar-refractivity contribution in [1.29, 1.82) is 0 Å². The molecule has 3 N–H and O–H groups in total. The zero-order valence-corrected chi connectivity index (χ0v) is 11.4. The van der Waals surface area contributed by atoms with Gasteiger partial charge in [-0.3, -0.25) is 10.1 Å². The first-order valence-corrected chi connectivity index (χ1v) is 6.92. The Morgan fingerprint density at radius 1 is 1.56 bits per heavy atom. The van der Waals surface area contributed by atoms with Crippen LogP contribution < -0.4 is 15.5 Å². The molecule has 0 fully saturated rings. The largest absolute Gasteiger partial charge is 0.341 e. The van der Waals surface area contributed by atoms with Crippen LogP contribution in [0.1, 0.15) is 23.4 Å². The quantitative estimate of drug-likeness (QED) is 0.690. The SMILES string of the molecule is CNC(=O)NC(=O)C[NH+]1CCc2sccc2[C@H]1C. The van der Waals surface area contributed by atoms with Crippen molar-refractivity contribution in [2.24, 2.45) is 0 Å². The van der Waals surface area contributed by atoms with E-state index in [0.717, 1.165) is 13.0 Å². The van der Waals surface area contributed by atoms with Gasteiger partial charge in [-0.2, -0.15) is 0 Å². The van der Waals surface area contributed by atoms with Crippen LogP contribution in [0, 0.1) is 0 Å². The minimum Gasteiger partial charge on any atom is -0.341 e. The normalized spacial score (nSPS) is 22.1. The first-order valence-electron chi connectivity index (χ1n) is 6.04. The number of urea groups is 1. The van der Waals surface area contributed by atoms with Crippen LogP contribution in [0.25, 0.3) is 0 Å². The van der Waals surface area contributed by atoms with E-state index in [1.807, 2.05) is 0 Å². The highest BCUT2D eigenvalue weighted by Gasteiger charge is 2.29. The Morgan fingerprint density at radius 2 is 2.33 bits per heavy atom. The second-order valence-corrected chi connectivity index (χ2v) is 5.48. The van der Waals surface area contributed by atoms with Gasteiger partial charge in [-0.1, -0.05) is 0 Å². The average Bonchev–Trinajstić information content (AvgIpc) is 2.81. The summed E-state index contributed by atoms with van der Waals surface area (Å²) in [6, 6.07) is 2.01. The van der Waals surface area contributed by atoms with E-state index in [1.54, 1.807) is 11.3 Å². The summed E-state index contributed by atoms with van der Waals surface area (Å²) in [5, 5.41) is 6.79. The van der Waals surface area contributed by atoms with Gasteiger partial charge in [0.25, 0.3) is 5.91 Å². The summed E-state index contributed by atoms with van der Waals surface area (Å²) >= 11 is 1.79. The Morgan fingerprint density at radius 3 is 3.06 bits per heavy atom. The number of carbonyl (C=O) groups is 2. The molecule has 6 heteroatoms. The molecule has 1 aliphatic rings. The van der Waals surface area contributed by atoms with E-state index in [0.29, 0.717) is 12.6 Å². The lowest BCUT2D eigenvalue weighted by atomic mass is 10.0. The van der Waals surface area contributed by atoms with Gasteiger partial charge in [-0.15, -0.1) is 11.3 Å². The van der Waals surface area contributed by atoms with Crippen LogP contribution in [0.5, 0.6) is 0 Å².